The van der Waals surface area contributed by atoms with E-state index in [1.165, 1.54) is 16.8 Å². The molecule has 1 rings (SSSR count). The SMILES string of the molecule is CCN=C(C)C(C)(C)Nc1c(C(C)C)cccc1C(C)C. The number of hydrogen-bond acceptors (Lipinski definition) is 2. The Labute approximate surface area is 131 Å². The molecule has 0 aromatic heterocycles. The molecule has 21 heavy (non-hydrogen) atoms. The van der Waals surface area contributed by atoms with Crippen LogP contribution in [0.15, 0.2) is 23.2 Å². The third-order valence-corrected chi connectivity index (χ3v) is 4.11. The smallest absolute Gasteiger partial charge is 0.0693 e. The fourth-order valence-electron chi connectivity index (χ4n) is 2.53. The minimum Gasteiger partial charge on any atom is -0.374 e. The van der Waals surface area contributed by atoms with Crippen LogP contribution < -0.4 is 5.32 Å². The lowest BCUT2D eigenvalue weighted by Crippen LogP contribution is -2.39. The molecule has 0 unspecified atom stereocenters. The van der Waals surface area contributed by atoms with Crippen molar-refractivity contribution in [2.45, 2.75) is 72.8 Å². The number of benzene rings is 1. The van der Waals surface area contributed by atoms with Crippen LogP contribution in [0, 0.1) is 0 Å². The van der Waals surface area contributed by atoms with Crippen molar-refractivity contribution in [2.24, 2.45) is 4.99 Å². The number of nitrogens with one attached hydrogen (secondary N) is 1. The molecule has 0 aliphatic rings. The molecule has 0 radical (unpaired) electrons. The molecule has 0 aliphatic carbocycles. The maximum Gasteiger partial charge on any atom is 0.0693 e. The van der Waals surface area contributed by atoms with Crippen LogP contribution in [-0.2, 0) is 0 Å². The van der Waals surface area contributed by atoms with Crippen LogP contribution in [0.2, 0.25) is 0 Å². The van der Waals surface area contributed by atoms with Gasteiger partial charge in [-0.2, -0.15) is 0 Å². The van der Waals surface area contributed by atoms with Crippen LogP contribution >= 0.6 is 0 Å². The molecule has 0 spiro atoms. The zero-order valence-corrected chi connectivity index (χ0v) is 15.0. The van der Waals surface area contributed by atoms with E-state index in [-0.39, 0.29) is 5.54 Å². The summed E-state index contributed by atoms with van der Waals surface area (Å²) in [5.41, 5.74) is 5.08. The van der Waals surface area contributed by atoms with Gasteiger partial charge in [0.2, 0.25) is 0 Å². The molecule has 0 saturated heterocycles. The zero-order valence-electron chi connectivity index (χ0n) is 15.0. The first-order valence-corrected chi connectivity index (χ1v) is 8.13. The van der Waals surface area contributed by atoms with Gasteiger partial charge in [0.25, 0.3) is 0 Å². The monoisotopic (exact) mass is 288 g/mol. The molecule has 2 heteroatoms. The summed E-state index contributed by atoms with van der Waals surface area (Å²) in [7, 11) is 0. The molecule has 1 aromatic carbocycles. The highest BCUT2D eigenvalue weighted by molar-refractivity contribution is 5.93. The standard InChI is InChI=1S/C19H32N2/c1-9-20-15(6)19(7,8)21-18-16(13(2)3)11-10-12-17(18)14(4)5/h10-14,21H,9H2,1-8H3. The van der Waals surface area contributed by atoms with E-state index in [4.69, 9.17) is 0 Å². The summed E-state index contributed by atoms with van der Waals surface area (Å²) in [5.74, 6) is 1.01. The van der Waals surface area contributed by atoms with E-state index in [2.05, 4.69) is 83.9 Å². The molecular formula is C19H32N2. The molecule has 1 aromatic rings. The van der Waals surface area contributed by atoms with Crippen LogP contribution in [0.1, 0.15) is 78.4 Å². The third kappa shape index (κ3) is 4.33. The normalized spacial score (nSPS) is 13.1. The van der Waals surface area contributed by atoms with E-state index in [0.29, 0.717) is 11.8 Å². The van der Waals surface area contributed by atoms with Gasteiger partial charge in [0.15, 0.2) is 0 Å². The summed E-state index contributed by atoms with van der Waals surface area (Å²) in [6.07, 6.45) is 0. The first kappa shape index (κ1) is 17.7. The van der Waals surface area contributed by atoms with Gasteiger partial charge in [0, 0.05) is 17.9 Å². The Morgan fingerprint density at radius 1 is 1.10 bits per heavy atom. The van der Waals surface area contributed by atoms with Crippen molar-refractivity contribution in [2.75, 3.05) is 11.9 Å². The lowest BCUT2D eigenvalue weighted by Gasteiger charge is -2.32. The quantitative estimate of drug-likeness (QED) is 0.676. The summed E-state index contributed by atoms with van der Waals surface area (Å²) in [5, 5.41) is 3.77. The van der Waals surface area contributed by atoms with E-state index < -0.39 is 0 Å². The van der Waals surface area contributed by atoms with Crippen molar-refractivity contribution in [1.29, 1.82) is 0 Å². The summed E-state index contributed by atoms with van der Waals surface area (Å²) in [6, 6.07) is 6.65. The summed E-state index contributed by atoms with van der Waals surface area (Å²) < 4.78 is 0. The van der Waals surface area contributed by atoms with Crippen molar-refractivity contribution in [3.8, 4) is 0 Å². The maximum atomic E-state index is 4.60. The van der Waals surface area contributed by atoms with Gasteiger partial charge in [-0.05, 0) is 50.7 Å². The highest BCUT2D eigenvalue weighted by Gasteiger charge is 2.24. The van der Waals surface area contributed by atoms with Gasteiger partial charge >= 0.3 is 0 Å². The Morgan fingerprint density at radius 2 is 1.57 bits per heavy atom. The second-order valence-corrected chi connectivity index (χ2v) is 6.93. The van der Waals surface area contributed by atoms with Gasteiger partial charge < -0.3 is 5.32 Å². The molecule has 0 fully saturated rings. The first-order chi connectivity index (χ1) is 9.70. The minimum atomic E-state index is -0.134. The number of nitrogens with zero attached hydrogens (tertiary/aromatic N) is 1. The molecule has 1 N–H and O–H groups in total. The Hall–Kier alpha value is -1.31. The van der Waals surface area contributed by atoms with E-state index >= 15 is 0 Å². The summed E-state index contributed by atoms with van der Waals surface area (Å²) in [4.78, 5) is 4.60. The first-order valence-electron chi connectivity index (χ1n) is 8.13. The van der Waals surface area contributed by atoms with Gasteiger partial charge in [0.05, 0.1) is 5.54 Å². The maximum absolute atomic E-state index is 4.60. The van der Waals surface area contributed by atoms with E-state index in [1.54, 1.807) is 0 Å². The van der Waals surface area contributed by atoms with Gasteiger partial charge in [-0.25, -0.2) is 0 Å². The van der Waals surface area contributed by atoms with E-state index in [1.807, 2.05) is 0 Å². The zero-order chi connectivity index (χ0) is 16.2. The molecule has 2 nitrogen and oxygen atoms in total. The molecule has 118 valence electrons. The highest BCUT2D eigenvalue weighted by Crippen LogP contribution is 2.34. The van der Waals surface area contributed by atoms with Gasteiger partial charge in [-0.3, -0.25) is 4.99 Å². The van der Waals surface area contributed by atoms with Gasteiger partial charge in [-0.1, -0.05) is 45.9 Å². The fraction of sp³-hybridized carbons (Fsp3) is 0.632. The number of aliphatic imine (C=N–C) groups is 1. The van der Waals surface area contributed by atoms with Crippen molar-refractivity contribution in [1.82, 2.24) is 0 Å². The van der Waals surface area contributed by atoms with Crippen LogP contribution in [0.3, 0.4) is 0 Å². The van der Waals surface area contributed by atoms with Crippen molar-refractivity contribution in [3.05, 3.63) is 29.3 Å². The largest absolute Gasteiger partial charge is 0.374 e. The van der Waals surface area contributed by atoms with Gasteiger partial charge in [0.1, 0.15) is 0 Å². The van der Waals surface area contributed by atoms with E-state index in [9.17, 15) is 0 Å². The van der Waals surface area contributed by atoms with Crippen molar-refractivity contribution in [3.63, 3.8) is 0 Å². The predicted molar refractivity (Wildman–Crippen MR) is 96.0 cm³/mol. The Morgan fingerprint density at radius 3 is 1.95 bits per heavy atom. The predicted octanol–water partition coefficient (Wildman–Crippen LogP) is 5.60. The lowest BCUT2D eigenvalue weighted by atomic mass is 9.90. The number of anilines is 1. The summed E-state index contributed by atoms with van der Waals surface area (Å²) in [6.45, 7) is 18.5. The lowest BCUT2D eigenvalue weighted by molar-refractivity contribution is 0.733. The van der Waals surface area contributed by atoms with Crippen molar-refractivity contribution < 1.29 is 0 Å². The molecule has 0 amide bonds. The van der Waals surface area contributed by atoms with Crippen LogP contribution in [0.5, 0.6) is 0 Å². The van der Waals surface area contributed by atoms with Crippen LogP contribution in [0.4, 0.5) is 5.69 Å². The average Bonchev–Trinajstić information content (AvgIpc) is 2.38. The second-order valence-electron chi connectivity index (χ2n) is 6.93. The van der Waals surface area contributed by atoms with Gasteiger partial charge in [-0.15, -0.1) is 0 Å². The fourth-order valence-corrected chi connectivity index (χ4v) is 2.53. The van der Waals surface area contributed by atoms with Crippen LogP contribution in [0.25, 0.3) is 0 Å². The molecule has 0 atom stereocenters. The summed E-state index contributed by atoms with van der Waals surface area (Å²) >= 11 is 0. The molecule has 0 heterocycles. The Balaban J connectivity index is 3.31. The topological polar surface area (TPSA) is 24.4 Å². The Kier molecular flexibility index (Phi) is 6.00. The van der Waals surface area contributed by atoms with Crippen molar-refractivity contribution >= 4 is 11.4 Å². The Bertz CT molecular complexity index is 470. The molecule has 0 saturated carbocycles. The minimum absolute atomic E-state index is 0.134. The number of para-hydroxylation sites is 1. The van der Waals surface area contributed by atoms with Crippen LogP contribution in [-0.4, -0.2) is 17.8 Å². The molecule has 0 bridgehead atoms. The highest BCUT2D eigenvalue weighted by atomic mass is 15.0. The second kappa shape index (κ2) is 7.11. The number of hydrogen-bond donors (Lipinski definition) is 1. The number of rotatable bonds is 6. The molecule has 0 aliphatic heterocycles. The third-order valence-electron chi connectivity index (χ3n) is 4.11. The van der Waals surface area contributed by atoms with E-state index in [0.717, 1.165) is 12.3 Å². The molecular weight excluding hydrogens is 256 g/mol. The average molecular weight is 288 g/mol.